The van der Waals surface area contributed by atoms with Gasteiger partial charge in [-0.25, -0.2) is 5.48 Å². The fourth-order valence-corrected chi connectivity index (χ4v) is 0.858. The van der Waals surface area contributed by atoms with Crippen molar-refractivity contribution < 1.29 is 9.63 Å². The molecule has 0 aliphatic rings. The van der Waals surface area contributed by atoms with Crippen LogP contribution in [0.2, 0.25) is 0 Å². The zero-order chi connectivity index (χ0) is 10.4. The number of hydrogen-bond donors (Lipinski definition) is 2. The third-order valence-electron chi connectivity index (χ3n) is 1.67. The molecule has 0 aliphatic heterocycles. The Bertz CT molecular complexity index is 285. The van der Waals surface area contributed by atoms with Crippen LogP contribution in [0.5, 0.6) is 0 Å². The average molecular weight is 194 g/mol. The van der Waals surface area contributed by atoms with Gasteiger partial charge in [0, 0.05) is 0 Å². The summed E-state index contributed by atoms with van der Waals surface area (Å²) < 4.78 is 0. The van der Waals surface area contributed by atoms with Gasteiger partial charge in [-0.3, -0.25) is 9.63 Å². The molecule has 0 radical (unpaired) electrons. The maximum Gasteiger partial charge on any atom is 0.260 e. The predicted octanol–water partition coefficient (Wildman–Crippen LogP) is 0.582. The molecule has 1 atom stereocenters. The number of hydrogen-bond acceptors (Lipinski definition) is 3. The molecule has 1 aromatic carbocycles. The Hall–Kier alpha value is -1.39. The summed E-state index contributed by atoms with van der Waals surface area (Å²) in [5.74, 6) is -0.319. The van der Waals surface area contributed by atoms with Crippen molar-refractivity contribution in [2.75, 3.05) is 0 Å². The number of amides is 1. The van der Waals surface area contributed by atoms with Gasteiger partial charge in [-0.15, -0.1) is 0 Å². The van der Waals surface area contributed by atoms with Crippen LogP contribution in [0, 0.1) is 0 Å². The van der Waals surface area contributed by atoms with Crippen LogP contribution in [0.3, 0.4) is 0 Å². The average Bonchev–Trinajstić information content (AvgIpc) is 2.19. The van der Waals surface area contributed by atoms with E-state index in [4.69, 9.17) is 10.6 Å². The Morgan fingerprint density at radius 3 is 2.71 bits per heavy atom. The van der Waals surface area contributed by atoms with Gasteiger partial charge < -0.3 is 5.73 Å². The van der Waals surface area contributed by atoms with E-state index in [1.165, 1.54) is 0 Å². The standard InChI is InChI=1S/C10H14N2O2/c1-8(11)10(13)12-14-7-9-5-3-2-4-6-9/h2-6,8H,7,11H2,1H3,(H,12,13)/t8-/m1/s1. The fraction of sp³-hybridized carbons (Fsp3) is 0.300. The largest absolute Gasteiger partial charge is 0.320 e. The van der Waals surface area contributed by atoms with Crippen LogP contribution in [0.4, 0.5) is 0 Å². The highest BCUT2D eigenvalue weighted by atomic mass is 16.6. The van der Waals surface area contributed by atoms with Gasteiger partial charge in [0.15, 0.2) is 0 Å². The van der Waals surface area contributed by atoms with E-state index in [0.717, 1.165) is 5.56 Å². The molecular formula is C10H14N2O2. The second kappa shape index (κ2) is 5.36. The van der Waals surface area contributed by atoms with E-state index in [2.05, 4.69) is 5.48 Å². The molecule has 76 valence electrons. The molecular weight excluding hydrogens is 180 g/mol. The predicted molar refractivity (Wildman–Crippen MR) is 53.0 cm³/mol. The summed E-state index contributed by atoms with van der Waals surface area (Å²) >= 11 is 0. The molecule has 0 saturated carbocycles. The fourth-order valence-electron chi connectivity index (χ4n) is 0.858. The molecule has 1 amide bonds. The molecule has 1 aromatic rings. The minimum absolute atomic E-state index is 0.319. The molecule has 4 nitrogen and oxygen atoms in total. The zero-order valence-electron chi connectivity index (χ0n) is 8.07. The first kappa shape index (κ1) is 10.7. The minimum Gasteiger partial charge on any atom is -0.320 e. The molecule has 14 heavy (non-hydrogen) atoms. The highest BCUT2D eigenvalue weighted by Gasteiger charge is 2.05. The van der Waals surface area contributed by atoms with E-state index in [1.807, 2.05) is 30.3 Å². The number of carbonyl (C=O) groups is 1. The second-order valence-corrected chi connectivity index (χ2v) is 3.03. The molecule has 1 rings (SSSR count). The highest BCUT2D eigenvalue weighted by Crippen LogP contribution is 1.98. The monoisotopic (exact) mass is 194 g/mol. The molecule has 0 aromatic heterocycles. The van der Waals surface area contributed by atoms with Gasteiger partial charge in [0.05, 0.1) is 12.6 Å². The van der Waals surface area contributed by atoms with Crippen LogP contribution in [-0.4, -0.2) is 11.9 Å². The van der Waals surface area contributed by atoms with Crippen molar-refractivity contribution >= 4 is 5.91 Å². The molecule has 0 spiro atoms. The smallest absolute Gasteiger partial charge is 0.260 e. The van der Waals surface area contributed by atoms with Gasteiger partial charge >= 0.3 is 0 Å². The van der Waals surface area contributed by atoms with E-state index >= 15 is 0 Å². The van der Waals surface area contributed by atoms with E-state index < -0.39 is 6.04 Å². The van der Waals surface area contributed by atoms with Crippen molar-refractivity contribution in [1.29, 1.82) is 0 Å². The Balaban J connectivity index is 2.26. The zero-order valence-corrected chi connectivity index (χ0v) is 8.07. The Morgan fingerprint density at radius 2 is 2.14 bits per heavy atom. The van der Waals surface area contributed by atoms with Gasteiger partial charge in [0.1, 0.15) is 0 Å². The maximum absolute atomic E-state index is 11.0. The normalized spacial score (nSPS) is 12.1. The topological polar surface area (TPSA) is 64.4 Å². The lowest BCUT2D eigenvalue weighted by Crippen LogP contribution is -2.38. The van der Waals surface area contributed by atoms with Crippen LogP contribution in [0.15, 0.2) is 30.3 Å². The molecule has 0 aliphatic carbocycles. The van der Waals surface area contributed by atoms with Crippen LogP contribution in [0.1, 0.15) is 12.5 Å². The number of benzene rings is 1. The van der Waals surface area contributed by atoms with E-state index in [0.29, 0.717) is 6.61 Å². The number of rotatable bonds is 4. The number of nitrogens with one attached hydrogen (secondary N) is 1. The third-order valence-corrected chi connectivity index (χ3v) is 1.67. The minimum atomic E-state index is -0.550. The second-order valence-electron chi connectivity index (χ2n) is 3.03. The maximum atomic E-state index is 11.0. The van der Waals surface area contributed by atoms with Gasteiger partial charge in [0.25, 0.3) is 5.91 Å². The van der Waals surface area contributed by atoms with Gasteiger partial charge in [-0.05, 0) is 12.5 Å². The quantitative estimate of drug-likeness (QED) is 0.689. The number of carbonyl (C=O) groups excluding carboxylic acids is 1. The van der Waals surface area contributed by atoms with Crippen molar-refractivity contribution in [2.24, 2.45) is 5.73 Å². The molecule has 3 N–H and O–H groups in total. The Labute approximate surface area is 83.0 Å². The van der Waals surface area contributed by atoms with Crippen LogP contribution in [0.25, 0.3) is 0 Å². The van der Waals surface area contributed by atoms with Crippen LogP contribution in [-0.2, 0) is 16.2 Å². The van der Waals surface area contributed by atoms with Gasteiger partial charge in [-0.1, -0.05) is 30.3 Å². The van der Waals surface area contributed by atoms with E-state index in [-0.39, 0.29) is 5.91 Å². The lowest BCUT2D eigenvalue weighted by Gasteiger charge is -2.07. The van der Waals surface area contributed by atoms with E-state index in [1.54, 1.807) is 6.92 Å². The lowest BCUT2D eigenvalue weighted by molar-refractivity contribution is -0.135. The van der Waals surface area contributed by atoms with Gasteiger partial charge in [-0.2, -0.15) is 0 Å². The summed E-state index contributed by atoms with van der Waals surface area (Å²) in [5.41, 5.74) is 8.59. The lowest BCUT2D eigenvalue weighted by atomic mass is 10.2. The number of hydroxylamine groups is 1. The summed E-state index contributed by atoms with van der Waals surface area (Å²) in [4.78, 5) is 15.9. The molecule has 0 unspecified atom stereocenters. The first-order valence-electron chi connectivity index (χ1n) is 4.41. The van der Waals surface area contributed by atoms with Crippen molar-refractivity contribution in [1.82, 2.24) is 5.48 Å². The van der Waals surface area contributed by atoms with Crippen LogP contribution >= 0.6 is 0 Å². The summed E-state index contributed by atoms with van der Waals surface area (Å²) in [6.07, 6.45) is 0. The summed E-state index contributed by atoms with van der Waals surface area (Å²) in [6, 6.07) is 9.02. The van der Waals surface area contributed by atoms with Crippen LogP contribution < -0.4 is 11.2 Å². The Kier molecular flexibility index (Phi) is 4.10. The van der Waals surface area contributed by atoms with Gasteiger partial charge in [0.2, 0.25) is 0 Å². The summed E-state index contributed by atoms with van der Waals surface area (Å²) in [7, 11) is 0. The van der Waals surface area contributed by atoms with Crippen molar-refractivity contribution in [2.45, 2.75) is 19.6 Å². The van der Waals surface area contributed by atoms with Crippen molar-refractivity contribution in [3.8, 4) is 0 Å². The van der Waals surface area contributed by atoms with Crippen molar-refractivity contribution in [3.05, 3.63) is 35.9 Å². The number of nitrogens with two attached hydrogens (primary N) is 1. The molecule has 0 bridgehead atoms. The first-order chi connectivity index (χ1) is 6.70. The van der Waals surface area contributed by atoms with E-state index in [9.17, 15) is 4.79 Å². The summed E-state index contributed by atoms with van der Waals surface area (Å²) in [6.45, 7) is 1.94. The summed E-state index contributed by atoms with van der Waals surface area (Å²) in [5, 5.41) is 0. The third kappa shape index (κ3) is 3.55. The molecule has 0 fully saturated rings. The highest BCUT2D eigenvalue weighted by molar-refractivity contribution is 5.79. The molecule has 4 heteroatoms. The molecule has 0 saturated heterocycles. The first-order valence-corrected chi connectivity index (χ1v) is 4.41. The van der Waals surface area contributed by atoms with Crippen molar-refractivity contribution in [3.63, 3.8) is 0 Å². The molecule has 0 heterocycles. The SMILES string of the molecule is C[C@@H](N)C(=O)NOCc1ccccc1. The Morgan fingerprint density at radius 1 is 1.50 bits per heavy atom.